The zero-order chi connectivity index (χ0) is 9.70. The SMILES string of the molecule is C=NC.CCC.N.N.N.N.[3H]C([3H])=NC. The van der Waals surface area contributed by atoms with Gasteiger partial charge < -0.3 is 34.6 Å². The highest BCUT2D eigenvalue weighted by atomic mass is 14.6. The van der Waals surface area contributed by atoms with Crippen LogP contribution in [0.2, 0.25) is 0 Å². The Balaban J connectivity index is -0.0000000117. The second-order valence-electron chi connectivity index (χ2n) is 1.25. The van der Waals surface area contributed by atoms with Crippen LogP contribution in [0.15, 0.2) is 9.98 Å². The molecule has 0 aromatic rings. The molecule has 0 aliphatic carbocycles. The standard InChI is InChI=1S/C3H8.2C2H5N.4H3N/c3*1-3-2;;;;/h3H2,1-2H3;2*1H2,2H3;4*1H3/i;1T2;;;;;. The molecule has 0 spiro atoms. The Kier molecular flexibility index (Phi) is 554. The van der Waals surface area contributed by atoms with Crippen molar-refractivity contribution in [2.24, 2.45) is 9.98 Å². The van der Waals surface area contributed by atoms with Crippen LogP contribution in [0.1, 0.15) is 23.0 Å². The molecule has 0 radical (unpaired) electrons. The van der Waals surface area contributed by atoms with Gasteiger partial charge in [-0.3, -0.25) is 0 Å². The zero-order valence-corrected chi connectivity index (χ0v) is 9.64. The highest BCUT2D eigenvalue weighted by molar-refractivity contribution is 5.22. The predicted molar refractivity (Wildman–Crippen MR) is 67.0 cm³/mol. The van der Waals surface area contributed by atoms with E-state index in [1.54, 1.807) is 7.05 Å². The minimum absolute atomic E-state index is 0. The molecule has 0 atom stereocenters. The summed E-state index contributed by atoms with van der Waals surface area (Å²) in [7, 11) is 3.05. The summed E-state index contributed by atoms with van der Waals surface area (Å²) in [5.41, 5.74) is 0. The quantitative estimate of drug-likeness (QED) is 0.444. The van der Waals surface area contributed by atoms with Crippen LogP contribution in [0, 0.1) is 0 Å². The molecule has 0 heterocycles. The van der Waals surface area contributed by atoms with Gasteiger partial charge in [0.1, 0.15) is 0 Å². The number of hydrogen-bond donors (Lipinski definition) is 4. The molecular weight excluding hydrogens is 168 g/mol. The van der Waals surface area contributed by atoms with Crippen molar-refractivity contribution in [1.82, 2.24) is 24.6 Å². The van der Waals surface area contributed by atoms with Crippen LogP contribution in [-0.2, 0) is 0 Å². The second-order valence-corrected chi connectivity index (χ2v) is 1.25. The van der Waals surface area contributed by atoms with Crippen LogP contribution in [0.4, 0.5) is 0 Å². The number of rotatable bonds is 0. The summed E-state index contributed by atoms with van der Waals surface area (Å²) < 4.78 is 12.5. The van der Waals surface area contributed by atoms with Gasteiger partial charge >= 0.3 is 0 Å². The lowest BCUT2D eigenvalue weighted by Crippen LogP contribution is -1.27. The maximum atomic E-state index is 6.24. The zero-order valence-electron chi connectivity index (χ0n) is 11.6. The first kappa shape index (κ1) is 29.5. The lowest BCUT2D eigenvalue weighted by atomic mass is 10.6. The van der Waals surface area contributed by atoms with Gasteiger partial charge in [-0.15, -0.1) is 0 Å². The van der Waals surface area contributed by atoms with Gasteiger partial charge in [-0.05, 0) is 13.4 Å². The van der Waals surface area contributed by atoms with Gasteiger partial charge in [0.05, 0.1) is 2.74 Å². The molecule has 88 valence electrons. The first-order chi connectivity index (χ1) is 5.10. The normalized spacial score (nSPS) is 5.23. The van der Waals surface area contributed by atoms with Crippen molar-refractivity contribution in [2.45, 2.75) is 20.3 Å². The van der Waals surface area contributed by atoms with Crippen molar-refractivity contribution >= 4 is 13.4 Å². The summed E-state index contributed by atoms with van der Waals surface area (Å²) >= 11 is 0. The van der Waals surface area contributed by atoms with Gasteiger partial charge in [0.2, 0.25) is 0 Å². The average Bonchev–Trinajstić information content (AvgIpc) is 1.91. The minimum Gasteiger partial charge on any atom is -0.344 e. The maximum Gasteiger partial charge on any atom is 0.0748 e. The van der Waals surface area contributed by atoms with Crippen molar-refractivity contribution in [1.29, 1.82) is 0 Å². The Hall–Kier alpha value is -0.820. The monoisotopic (exact) mass is 202 g/mol. The summed E-state index contributed by atoms with van der Waals surface area (Å²) in [6, 6.07) is 0. The first-order valence-electron chi connectivity index (χ1n) is 3.85. The van der Waals surface area contributed by atoms with Gasteiger partial charge in [-0.2, -0.15) is 0 Å². The first-order valence-corrected chi connectivity index (χ1v) is 2.85. The fraction of sp³-hybridized carbons (Fsp3) is 0.714. The van der Waals surface area contributed by atoms with E-state index in [0.717, 1.165) is 0 Å². The maximum absolute atomic E-state index is 6.24. The lowest BCUT2D eigenvalue weighted by Gasteiger charge is -1.48. The van der Waals surface area contributed by atoms with E-state index in [1.165, 1.54) is 13.5 Å². The van der Waals surface area contributed by atoms with E-state index >= 15 is 0 Å². The molecule has 0 aromatic carbocycles. The molecule has 0 unspecified atom stereocenters. The van der Waals surface area contributed by atoms with Crippen molar-refractivity contribution in [2.75, 3.05) is 14.1 Å². The van der Waals surface area contributed by atoms with Crippen molar-refractivity contribution < 1.29 is 2.74 Å². The molecule has 0 aromatic heterocycles. The molecule has 0 rings (SSSR count). The van der Waals surface area contributed by atoms with Gasteiger partial charge in [0.25, 0.3) is 0 Å². The number of aliphatic imine (C=N–C) groups is 2. The van der Waals surface area contributed by atoms with Crippen LogP contribution in [0.25, 0.3) is 0 Å². The summed E-state index contributed by atoms with van der Waals surface area (Å²) in [6.07, 6.45) is 1.25. The highest BCUT2D eigenvalue weighted by Crippen LogP contribution is 1.56. The molecular formula is C7H30N6. The van der Waals surface area contributed by atoms with E-state index < -0.39 is 0 Å². The molecule has 6 nitrogen and oxygen atoms in total. The van der Waals surface area contributed by atoms with Crippen molar-refractivity contribution in [3.05, 3.63) is 0 Å². The Morgan fingerprint density at radius 3 is 1.08 bits per heavy atom. The smallest absolute Gasteiger partial charge is 0.0748 e. The Bertz CT molecular complexity index is 95.5. The summed E-state index contributed by atoms with van der Waals surface area (Å²) in [5.74, 6) is 0. The third kappa shape index (κ3) is 1400. The predicted octanol–water partition coefficient (Wildman–Crippen LogP) is 2.70. The van der Waals surface area contributed by atoms with Crippen LogP contribution >= 0.6 is 0 Å². The summed E-state index contributed by atoms with van der Waals surface area (Å²) in [4.78, 5) is 6.39. The van der Waals surface area contributed by atoms with Crippen LogP contribution in [0.3, 0.4) is 0 Å². The molecule has 6 heteroatoms. The van der Waals surface area contributed by atoms with E-state index in [1.807, 2.05) is 0 Å². The van der Waals surface area contributed by atoms with E-state index in [4.69, 9.17) is 2.74 Å². The topological polar surface area (TPSA) is 165 Å². The molecule has 0 amide bonds. The van der Waals surface area contributed by atoms with Crippen LogP contribution in [-0.4, -0.2) is 27.5 Å². The van der Waals surface area contributed by atoms with Gasteiger partial charge in [0, 0.05) is 14.1 Å². The van der Waals surface area contributed by atoms with E-state index in [9.17, 15) is 0 Å². The lowest BCUT2D eigenvalue weighted by molar-refractivity contribution is 1.09. The summed E-state index contributed by atoms with van der Waals surface area (Å²) in [6.45, 7) is 6.99. The van der Waals surface area contributed by atoms with Gasteiger partial charge in [0.15, 0.2) is 0 Å². The van der Waals surface area contributed by atoms with E-state index in [2.05, 4.69) is 30.5 Å². The third-order valence-corrected chi connectivity index (χ3v) is 0. The summed E-state index contributed by atoms with van der Waals surface area (Å²) in [5, 5.41) is 0. The molecule has 12 N–H and O–H groups in total. The average molecular weight is 202 g/mol. The Morgan fingerprint density at radius 1 is 1.00 bits per heavy atom. The highest BCUT2D eigenvalue weighted by Gasteiger charge is 1.35. The van der Waals surface area contributed by atoms with Gasteiger partial charge in [-0.25, -0.2) is 0 Å². The molecule has 0 aliphatic heterocycles. The largest absolute Gasteiger partial charge is 0.344 e. The molecule has 0 aliphatic rings. The Morgan fingerprint density at radius 2 is 1.08 bits per heavy atom. The van der Waals surface area contributed by atoms with Crippen molar-refractivity contribution in [3.63, 3.8) is 0 Å². The fourth-order valence-electron chi connectivity index (χ4n) is 0. The van der Waals surface area contributed by atoms with E-state index in [0.29, 0.717) is 0 Å². The van der Waals surface area contributed by atoms with Crippen LogP contribution < -0.4 is 24.6 Å². The Labute approximate surface area is 86.1 Å². The van der Waals surface area contributed by atoms with Gasteiger partial charge in [-0.1, -0.05) is 20.3 Å². The molecule has 0 saturated heterocycles. The number of nitrogens with zero attached hydrogens (tertiary/aromatic N) is 2. The number of hydrogen-bond acceptors (Lipinski definition) is 6. The third-order valence-electron chi connectivity index (χ3n) is 0. The molecule has 0 bridgehead atoms. The van der Waals surface area contributed by atoms with Crippen LogP contribution in [0.5, 0.6) is 0 Å². The fourth-order valence-corrected chi connectivity index (χ4v) is 0. The minimum atomic E-state index is -0.370. The molecule has 0 fully saturated rings. The molecule has 0 saturated carbocycles. The second kappa shape index (κ2) is 244. The molecule has 13 heavy (non-hydrogen) atoms. The van der Waals surface area contributed by atoms with Crippen molar-refractivity contribution in [3.8, 4) is 0 Å². The van der Waals surface area contributed by atoms with E-state index in [-0.39, 0.29) is 31.3 Å².